The molecule has 0 unspecified atom stereocenters. The van der Waals surface area contributed by atoms with Crippen LogP contribution in [0.3, 0.4) is 0 Å². The maximum absolute atomic E-state index is 12.8. The Morgan fingerprint density at radius 2 is 1.88 bits per heavy atom. The molecule has 0 N–H and O–H groups in total. The van der Waals surface area contributed by atoms with Gasteiger partial charge in [-0.2, -0.15) is 4.31 Å². The molecule has 4 heterocycles. The van der Waals surface area contributed by atoms with Crippen LogP contribution in [0.2, 0.25) is 0 Å². The first-order valence-corrected chi connectivity index (χ1v) is 9.93. The number of aromatic nitrogens is 4. The van der Waals surface area contributed by atoms with Crippen molar-refractivity contribution < 1.29 is 8.42 Å². The first kappa shape index (κ1) is 16.5. The van der Waals surface area contributed by atoms with Crippen LogP contribution >= 0.6 is 0 Å². The van der Waals surface area contributed by atoms with Crippen molar-refractivity contribution in [1.82, 2.24) is 23.8 Å². The molecule has 1 atom stereocenters. The molecule has 4 rings (SSSR count). The molecule has 0 aliphatic carbocycles. The van der Waals surface area contributed by atoms with Gasteiger partial charge in [0.1, 0.15) is 0 Å². The highest BCUT2D eigenvalue weighted by atomic mass is 32.2. The van der Waals surface area contributed by atoms with E-state index in [1.165, 1.54) is 6.33 Å². The zero-order valence-corrected chi connectivity index (χ0v) is 15.1. The summed E-state index contributed by atoms with van der Waals surface area (Å²) in [6, 6.07) is 1.81. The molecular weight excluding hydrogens is 340 g/mol. The fourth-order valence-electron chi connectivity index (χ4n) is 3.92. The standard InChI is InChI=1S/C16H22N6O2S/c1-20-10-14(19-13-20)25(23,24)22-9-5-16(12-22)4-2-8-21(11-16)15-17-6-3-7-18-15/h3,6-7,10,13H,2,4-5,8-9,11-12H2,1H3/t16-/m0/s1. The number of sulfonamides is 1. The monoisotopic (exact) mass is 362 g/mol. The topological polar surface area (TPSA) is 84.2 Å². The van der Waals surface area contributed by atoms with Gasteiger partial charge in [-0.15, -0.1) is 0 Å². The average molecular weight is 362 g/mol. The number of piperidine rings is 1. The maximum atomic E-state index is 12.8. The van der Waals surface area contributed by atoms with Gasteiger partial charge in [0.2, 0.25) is 5.95 Å². The van der Waals surface area contributed by atoms with Gasteiger partial charge in [0.25, 0.3) is 10.0 Å². The van der Waals surface area contributed by atoms with Gasteiger partial charge in [-0.1, -0.05) is 0 Å². The van der Waals surface area contributed by atoms with Gasteiger partial charge in [-0.05, 0) is 25.3 Å². The maximum Gasteiger partial charge on any atom is 0.262 e. The van der Waals surface area contributed by atoms with Crippen molar-refractivity contribution in [3.63, 3.8) is 0 Å². The SMILES string of the molecule is Cn1cnc(S(=O)(=O)N2CC[C@]3(CCCN(c4ncccn4)C3)C2)c1. The van der Waals surface area contributed by atoms with Crippen molar-refractivity contribution in [2.45, 2.75) is 24.3 Å². The lowest BCUT2D eigenvalue weighted by Crippen LogP contribution is -2.46. The van der Waals surface area contributed by atoms with Crippen molar-refractivity contribution in [2.75, 3.05) is 31.1 Å². The Bertz CT molecular complexity index is 853. The Kier molecular flexibility index (Phi) is 3.99. The molecule has 134 valence electrons. The summed E-state index contributed by atoms with van der Waals surface area (Å²) in [5, 5.41) is 0.131. The fraction of sp³-hybridized carbons (Fsp3) is 0.562. The predicted octanol–water partition coefficient (Wildman–Crippen LogP) is 0.891. The van der Waals surface area contributed by atoms with Gasteiger partial charge in [0.05, 0.1) is 6.33 Å². The molecule has 2 saturated heterocycles. The highest BCUT2D eigenvalue weighted by Crippen LogP contribution is 2.41. The normalized spacial score (nSPS) is 24.9. The number of hydrogen-bond acceptors (Lipinski definition) is 6. The van der Waals surface area contributed by atoms with E-state index in [0.29, 0.717) is 13.1 Å². The summed E-state index contributed by atoms with van der Waals surface area (Å²) in [6.45, 7) is 2.79. The molecule has 2 aliphatic rings. The summed E-state index contributed by atoms with van der Waals surface area (Å²) in [7, 11) is -1.75. The number of rotatable bonds is 3. The van der Waals surface area contributed by atoms with Crippen molar-refractivity contribution in [3.8, 4) is 0 Å². The minimum atomic E-state index is -3.52. The zero-order valence-electron chi connectivity index (χ0n) is 14.2. The number of hydrogen-bond donors (Lipinski definition) is 0. The highest BCUT2D eigenvalue weighted by molar-refractivity contribution is 7.89. The Morgan fingerprint density at radius 1 is 1.08 bits per heavy atom. The lowest BCUT2D eigenvalue weighted by Gasteiger charge is -2.40. The minimum absolute atomic E-state index is 0.0285. The van der Waals surface area contributed by atoms with E-state index in [2.05, 4.69) is 19.9 Å². The van der Waals surface area contributed by atoms with Crippen LogP contribution in [0.15, 0.2) is 36.0 Å². The van der Waals surface area contributed by atoms with Crippen LogP contribution in [0.1, 0.15) is 19.3 Å². The molecule has 0 amide bonds. The van der Waals surface area contributed by atoms with E-state index in [-0.39, 0.29) is 10.4 Å². The van der Waals surface area contributed by atoms with Gasteiger partial charge in [0, 0.05) is 57.2 Å². The molecule has 1 spiro atoms. The van der Waals surface area contributed by atoms with Crippen LogP contribution in [0.25, 0.3) is 0 Å². The average Bonchev–Trinajstić information content (AvgIpc) is 3.23. The molecule has 2 aromatic heterocycles. The molecule has 0 bridgehead atoms. The predicted molar refractivity (Wildman–Crippen MR) is 92.5 cm³/mol. The van der Waals surface area contributed by atoms with Crippen molar-refractivity contribution in [2.24, 2.45) is 12.5 Å². The quantitative estimate of drug-likeness (QED) is 0.806. The van der Waals surface area contributed by atoms with Gasteiger partial charge >= 0.3 is 0 Å². The largest absolute Gasteiger partial charge is 0.340 e. The van der Waals surface area contributed by atoms with Crippen LogP contribution < -0.4 is 4.90 Å². The molecule has 2 aliphatic heterocycles. The van der Waals surface area contributed by atoms with Crippen molar-refractivity contribution in [3.05, 3.63) is 31.0 Å². The molecule has 8 nitrogen and oxygen atoms in total. The van der Waals surface area contributed by atoms with Gasteiger partial charge in [-0.25, -0.2) is 23.4 Å². The second-order valence-electron chi connectivity index (χ2n) is 7.04. The molecule has 0 radical (unpaired) electrons. The minimum Gasteiger partial charge on any atom is -0.340 e. The van der Waals surface area contributed by atoms with E-state index in [9.17, 15) is 8.42 Å². The van der Waals surface area contributed by atoms with Crippen LogP contribution in [-0.2, 0) is 17.1 Å². The molecule has 25 heavy (non-hydrogen) atoms. The summed E-state index contributed by atoms with van der Waals surface area (Å²) in [6.07, 6.45) is 9.49. The summed E-state index contributed by atoms with van der Waals surface area (Å²) < 4.78 is 28.9. The van der Waals surface area contributed by atoms with Crippen LogP contribution in [0, 0.1) is 5.41 Å². The molecular formula is C16H22N6O2S. The lowest BCUT2D eigenvalue weighted by molar-refractivity contribution is 0.246. The molecule has 2 fully saturated rings. The Hall–Kier alpha value is -2.00. The Labute approximate surface area is 147 Å². The summed E-state index contributed by atoms with van der Waals surface area (Å²) in [5.41, 5.74) is -0.0285. The second kappa shape index (κ2) is 6.06. The number of nitrogens with zero attached hydrogens (tertiary/aromatic N) is 6. The first-order chi connectivity index (χ1) is 12.0. The van der Waals surface area contributed by atoms with E-state index < -0.39 is 10.0 Å². The van der Waals surface area contributed by atoms with Gasteiger partial charge < -0.3 is 9.47 Å². The third kappa shape index (κ3) is 3.02. The van der Waals surface area contributed by atoms with E-state index in [4.69, 9.17) is 0 Å². The summed E-state index contributed by atoms with van der Waals surface area (Å²) in [4.78, 5) is 14.9. The highest BCUT2D eigenvalue weighted by Gasteiger charge is 2.46. The van der Waals surface area contributed by atoms with E-state index in [1.54, 1.807) is 40.6 Å². The zero-order chi connectivity index (χ0) is 17.5. The van der Waals surface area contributed by atoms with Crippen LogP contribution in [0.4, 0.5) is 5.95 Å². The van der Waals surface area contributed by atoms with Crippen LogP contribution in [0.5, 0.6) is 0 Å². The molecule has 9 heteroatoms. The summed E-state index contributed by atoms with van der Waals surface area (Å²) in [5.74, 6) is 0.729. The van der Waals surface area contributed by atoms with E-state index >= 15 is 0 Å². The van der Waals surface area contributed by atoms with Crippen LogP contribution in [-0.4, -0.2) is 58.4 Å². The van der Waals surface area contributed by atoms with Crippen molar-refractivity contribution in [1.29, 1.82) is 0 Å². The smallest absolute Gasteiger partial charge is 0.262 e. The number of imidazole rings is 1. The fourth-order valence-corrected chi connectivity index (χ4v) is 5.44. The number of aryl methyl sites for hydroxylation is 1. The second-order valence-corrected chi connectivity index (χ2v) is 8.92. The molecule has 2 aromatic rings. The van der Waals surface area contributed by atoms with Gasteiger partial charge in [-0.3, -0.25) is 0 Å². The first-order valence-electron chi connectivity index (χ1n) is 8.49. The van der Waals surface area contributed by atoms with Gasteiger partial charge in [0.15, 0.2) is 5.03 Å². The molecule has 0 saturated carbocycles. The number of anilines is 1. The molecule has 0 aromatic carbocycles. The Morgan fingerprint density at radius 3 is 2.60 bits per heavy atom. The Balaban J connectivity index is 1.53. The third-order valence-corrected chi connectivity index (χ3v) is 6.92. The third-order valence-electron chi connectivity index (χ3n) is 5.19. The van der Waals surface area contributed by atoms with E-state index in [1.807, 2.05) is 0 Å². The summed E-state index contributed by atoms with van der Waals surface area (Å²) >= 11 is 0. The van der Waals surface area contributed by atoms with E-state index in [0.717, 1.165) is 38.3 Å². The lowest BCUT2D eigenvalue weighted by atomic mass is 9.79. The van der Waals surface area contributed by atoms with Crippen molar-refractivity contribution >= 4 is 16.0 Å².